The van der Waals surface area contributed by atoms with Crippen molar-refractivity contribution in [2.75, 3.05) is 11.4 Å². The van der Waals surface area contributed by atoms with Gasteiger partial charge in [0.05, 0.1) is 38.4 Å². The van der Waals surface area contributed by atoms with Gasteiger partial charge in [-0.05, 0) is 72.1 Å². The van der Waals surface area contributed by atoms with Crippen molar-refractivity contribution >= 4 is 51.5 Å². The minimum atomic E-state index is -1.60. The Morgan fingerprint density at radius 1 is 0.811 bits per heavy atom. The number of nitrogens with one attached hydrogen (secondary N) is 1. The van der Waals surface area contributed by atoms with Gasteiger partial charge in [-0.15, -0.1) is 0 Å². The first-order valence-corrected chi connectivity index (χ1v) is 13.5. The number of hydrogen-bond acceptors (Lipinski definition) is 3. The average molecular weight is 549 g/mol. The summed E-state index contributed by atoms with van der Waals surface area (Å²) in [5, 5.41) is 4.14. The lowest BCUT2D eigenvalue weighted by Gasteiger charge is -2.24. The van der Waals surface area contributed by atoms with Crippen LogP contribution >= 0.6 is 23.2 Å². The van der Waals surface area contributed by atoms with Gasteiger partial charge in [0.15, 0.2) is 0 Å². The van der Waals surface area contributed by atoms with Crippen molar-refractivity contribution in [2.24, 2.45) is 0 Å². The van der Waals surface area contributed by atoms with Crippen LogP contribution in [0.5, 0.6) is 0 Å². The normalized spacial score (nSPS) is 14.5. The van der Waals surface area contributed by atoms with Crippen molar-refractivity contribution in [1.29, 1.82) is 0 Å². The highest BCUT2D eigenvalue weighted by Gasteiger charge is 2.31. The molecule has 0 radical (unpaired) electrons. The Morgan fingerprint density at radius 2 is 1.59 bits per heavy atom. The number of nitrogens with zero attached hydrogens (tertiary/aromatic N) is 1. The van der Waals surface area contributed by atoms with Gasteiger partial charge in [-0.25, -0.2) is 4.21 Å². The van der Waals surface area contributed by atoms with Crippen LogP contribution in [0, 0.1) is 0 Å². The summed E-state index contributed by atoms with van der Waals surface area (Å²) < 4.78 is 13.6. The molecular weight excluding hydrogens is 527 g/mol. The minimum Gasteiger partial charge on any atom is -0.352 e. The van der Waals surface area contributed by atoms with Crippen molar-refractivity contribution in [3.05, 3.63) is 123 Å². The van der Waals surface area contributed by atoms with Crippen molar-refractivity contribution < 1.29 is 13.8 Å². The average Bonchev–Trinajstić information content (AvgIpc) is 2.99. The zero-order valence-corrected chi connectivity index (χ0v) is 21.9. The minimum absolute atomic E-state index is 0.208. The van der Waals surface area contributed by atoms with Crippen LogP contribution in [0.2, 0.25) is 10.0 Å². The van der Waals surface area contributed by atoms with E-state index < -0.39 is 10.8 Å². The summed E-state index contributed by atoms with van der Waals surface area (Å²) in [6.07, 6.45) is 0.645. The number of carbonyl (C=O) groups excluding carboxylic acids is 2. The van der Waals surface area contributed by atoms with E-state index in [9.17, 15) is 13.8 Å². The molecule has 0 aliphatic carbocycles. The second kappa shape index (κ2) is 10.9. The summed E-state index contributed by atoms with van der Waals surface area (Å²) in [5.41, 5.74) is 3.05. The molecule has 1 heterocycles. The van der Waals surface area contributed by atoms with E-state index in [1.807, 2.05) is 36.4 Å². The quantitative estimate of drug-likeness (QED) is 0.307. The summed E-state index contributed by atoms with van der Waals surface area (Å²) >= 11 is 12.1. The predicted molar refractivity (Wildman–Crippen MR) is 147 cm³/mol. The fourth-order valence-corrected chi connectivity index (χ4v) is 5.94. The lowest BCUT2D eigenvalue weighted by molar-refractivity contribution is 0.0950. The highest BCUT2D eigenvalue weighted by atomic mass is 35.5. The Hall–Kier alpha value is -3.45. The molecule has 2 amide bonds. The molecule has 0 spiro atoms. The molecule has 0 saturated carbocycles. The van der Waals surface area contributed by atoms with Gasteiger partial charge < -0.3 is 10.2 Å². The number of amides is 2. The molecule has 1 unspecified atom stereocenters. The molecule has 0 aromatic heterocycles. The lowest BCUT2D eigenvalue weighted by atomic mass is 10.1. The number of halogens is 2. The Labute approximate surface area is 227 Å². The van der Waals surface area contributed by atoms with E-state index in [0.717, 1.165) is 11.1 Å². The Kier molecular flexibility index (Phi) is 7.42. The van der Waals surface area contributed by atoms with Crippen molar-refractivity contribution in [2.45, 2.75) is 22.8 Å². The van der Waals surface area contributed by atoms with E-state index in [0.29, 0.717) is 49.6 Å². The number of rotatable bonds is 6. The molecule has 0 saturated heterocycles. The van der Waals surface area contributed by atoms with Crippen LogP contribution in [0.4, 0.5) is 5.69 Å². The van der Waals surface area contributed by atoms with Gasteiger partial charge in [0, 0.05) is 22.2 Å². The van der Waals surface area contributed by atoms with Crippen LogP contribution in [0.3, 0.4) is 0 Å². The van der Waals surface area contributed by atoms with E-state index in [1.165, 1.54) is 0 Å². The van der Waals surface area contributed by atoms with Crippen molar-refractivity contribution in [1.82, 2.24) is 5.32 Å². The number of hydrogen-bond donors (Lipinski definition) is 1. The molecule has 0 bridgehead atoms. The summed E-state index contributed by atoms with van der Waals surface area (Å²) in [6, 6.07) is 26.6. The maximum absolute atomic E-state index is 13.7. The smallest absolute Gasteiger partial charge is 0.259 e. The fraction of sp³-hybridized carbons (Fsp3) is 0.103. The topological polar surface area (TPSA) is 66.5 Å². The first kappa shape index (κ1) is 25.2. The van der Waals surface area contributed by atoms with Gasteiger partial charge in [0.1, 0.15) is 0 Å². The Balaban J connectivity index is 1.47. The van der Waals surface area contributed by atoms with Crippen molar-refractivity contribution in [3.8, 4) is 0 Å². The molecule has 1 atom stereocenters. The van der Waals surface area contributed by atoms with Gasteiger partial charge in [0.2, 0.25) is 0 Å². The molecule has 1 N–H and O–H groups in total. The van der Waals surface area contributed by atoms with Crippen LogP contribution in [-0.4, -0.2) is 22.6 Å². The molecule has 0 fully saturated rings. The predicted octanol–water partition coefficient (Wildman–Crippen LogP) is 6.29. The lowest BCUT2D eigenvalue weighted by Crippen LogP contribution is -2.31. The van der Waals surface area contributed by atoms with Gasteiger partial charge in [-0.2, -0.15) is 0 Å². The molecule has 8 heteroatoms. The molecule has 5 rings (SSSR count). The molecule has 186 valence electrons. The van der Waals surface area contributed by atoms with Gasteiger partial charge in [-0.1, -0.05) is 59.6 Å². The highest BCUT2D eigenvalue weighted by Crippen LogP contribution is 2.36. The molecule has 1 aliphatic heterocycles. The second-order valence-electron chi connectivity index (χ2n) is 8.60. The number of fused-ring (bicyclic) bond motifs is 2. The maximum Gasteiger partial charge on any atom is 0.259 e. The number of anilines is 1. The third kappa shape index (κ3) is 5.47. The molecule has 4 aromatic rings. The summed E-state index contributed by atoms with van der Waals surface area (Å²) in [7, 11) is -1.60. The summed E-state index contributed by atoms with van der Waals surface area (Å²) in [6.45, 7) is 0.639. The van der Waals surface area contributed by atoms with E-state index in [-0.39, 0.29) is 18.4 Å². The third-order valence-electron chi connectivity index (χ3n) is 6.12. The van der Waals surface area contributed by atoms with E-state index in [1.54, 1.807) is 59.5 Å². The van der Waals surface area contributed by atoms with Gasteiger partial charge in [-0.3, -0.25) is 9.59 Å². The van der Waals surface area contributed by atoms with E-state index >= 15 is 0 Å². The maximum atomic E-state index is 13.7. The highest BCUT2D eigenvalue weighted by molar-refractivity contribution is 7.85. The van der Waals surface area contributed by atoms with Crippen LogP contribution in [-0.2, 0) is 23.8 Å². The van der Waals surface area contributed by atoms with E-state index in [4.69, 9.17) is 23.2 Å². The van der Waals surface area contributed by atoms with E-state index in [2.05, 4.69) is 5.32 Å². The largest absolute Gasteiger partial charge is 0.352 e. The monoisotopic (exact) mass is 548 g/mol. The first-order valence-electron chi connectivity index (χ1n) is 11.6. The summed E-state index contributed by atoms with van der Waals surface area (Å²) in [4.78, 5) is 29.2. The molecule has 1 aliphatic rings. The second-order valence-corrected chi connectivity index (χ2v) is 10.9. The third-order valence-corrected chi connectivity index (χ3v) is 8.10. The molecule has 4 aromatic carbocycles. The Bertz CT molecular complexity index is 1520. The SMILES string of the molecule is O=C(NCCc1ccc(Cl)cc1)c1ccc2c(c1)N(Cc1cccc(Cl)c1)C(=O)c1ccccc1S2=O. The van der Waals surface area contributed by atoms with Crippen LogP contribution < -0.4 is 10.2 Å². The molecule has 5 nitrogen and oxygen atoms in total. The number of benzene rings is 4. The standard InChI is InChI=1S/C29H22Cl2N2O3S/c30-22-11-8-19(9-12-22)14-15-32-28(34)21-10-13-27-25(17-21)33(18-20-4-3-5-23(31)16-20)29(35)24-6-1-2-7-26(24)37(27)36/h1-13,16-17H,14-15,18H2,(H,32,34). The first-order chi connectivity index (χ1) is 17.9. The van der Waals surface area contributed by atoms with Crippen LogP contribution in [0.1, 0.15) is 31.8 Å². The van der Waals surface area contributed by atoms with Crippen LogP contribution in [0.15, 0.2) is 101 Å². The zero-order chi connectivity index (χ0) is 25.9. The van der Waals surface area contributed by atoms with Crippen molar-refractivity contribution in [3.63, 3.8) is 0 Å². The molecule has 37 heavy (non-hydrogen) atoms. The van der Waals surface area contributed by atoms with Gasteiger partial charge >= 0.3 is 0 Å². The zero-order valence-electron chi connectivity index (χ0n) is 19.6. The number of carbonyl (C=O) groups is 2. The Morgan fingerprint density at radius 3 is 2.38 bits per heavy atom. The molecular formula is C29H22Cl2N2O3S. The van der Waals surface area contributed by atoms with Gasteiger partial charge in [0.25, 0.3) is 11.8 Å². The fourth-order valence-electron chi connectivity index (χ4n) is 4.25. The summed E-state index contributed by atoms with van der Waals surface area (Å²) in [5.74, 6) is -0.567. The van der Waals surface area contributed by atoms with Crippen LogP contribution in [0.25, 0.3) is 0 Å².